The topological polar surface area (TPSA) is 12.0 Å². The number of hydrogen-bond donors (Lipinski definition) is 1. The van der Waals surface area contributed by atoms with Crippen LogP contribution in [0.4, 0.5) is 8.78 Å². The van der Waals surface area contributed by atoms with Gasteiger partial charge in [-0.1, -0.05) is 12.1 Å². The standard InChI is InChI=1S/C12H15F2NS.ClH/c1-2-7-16-8-6-15-9-10-11(13)4-3-5-12(10)14;/h2-5,15H,1,6-9H2;1H. The molecule has 0 radical (unpaired) electrons. The largest absolute Gasteiger partial charge is 0.312 e. The van der Waals surface area contributed by atoms with Crippen LogP contribution in [0.15, 0.2) is 30.9 Å². The normalized spacial score (nSPS) is 9.76. The summed E-state index contributed by atoms with van der Waals surface area (Å²) in [4.78, 5) is 0. The molecule has 17 heavy (non-hydrogen) atoms. The van der Waals surface area contributed by atoms with Crippen LogP contribution in [-0.2, 0) is 6.54 Å². The second-order valence-corrected chi connectivity index (χ2v) is 4.39. The van der Waals surface area contributed by atoms with Gasteiger partial charge < -0.3 is 5.32 Å². The number of rotatable bonds is 7. The minimum atomic E-state index is -0.494. The SMILES string of the molecule is C=CCSCCNCc1c(F)cccc1F.Cl. The summed E-state index contributed by atoms with van der Waals surface area (Å²) in [6, 6.07) is 3.91. The van der Waals surface area contributed by atoms with Gasteiger partial charge in [0.1, 0.15) is 11.6 Å². The Morgan fingerprint density at radius 2 is 1.94 bits per heavy atom. The molecular weight excluding hydrogens is 264 g/mol. The first kappa shape index (κ1) is 16.4. The molecule has 0 bridgehead atoms. The molecule has 96 valence electrons. The van der Waals surface area contributed by atoms with Crippen LogP contribution in [0, 0.1) is 11.6 Å². The van der Waals surface area contributed by atoms with E-state index in [2.05, 4.69) is 11.9 Å². The average Bonchev–Trinajstić information content (AvgIpc) is 2.26. The van der Waals surface area contributed by atoms with Crippen molar-refractivity contribution >= 4 is 24.2 Å². The molecular formula is C12H16ClF2NS. The molecule has 0 saturated heterocycles. The molecule has 0 aliphatic carbocycles. The van der Waals surface area contributed by atoms with Gasteiger partial charge in [0.15, 0.2) is 0 Å². The molecule has 1 rings (SSSR count). The molecule has 0 saturated carbocycles. The Morgan fingerprint density at radius 1 is 1.29 bits per heavy atom. The lowest BCUT2D eigenvalue weighted by molar-refractivity contribution is 0.540. The van der Waals surface area contributed by atoms with E-state index in [4.69, 9.17) is 0 Å². The summed E-state index contributed by atoms with van der Waals surface area (Å²) < 4.78 is 26.4. The number of thioether (sulfide) groups is 1. The van der Waals surface area contributed by atoms with E-state index >= 15 is 0 Å². The Morgan fingerprint density at radius 3 is 2.53 bits per heavy atom. The average molecular weight is 280 g/mol. The van der Waals surface area contributed by atoms with Crippen LogP contribution in [0.5, 0.6) is 0 Å². The van der Waals surface area contributed by atoms with Crippen molar-refractivity contribution in [3.63, 3.8) is 0 Å². The lowest BCUT2D eigenvalue weighted by Gasteiger charge is -2.06. The predicted molar refractivity (Wildman–Crippen MR) is 72.8 cm³/mol. The van der Waals surface area contributed by atoms with Crippen LogP contribution in [0.1, 0.15) is 5.56 Å². The second-order valence-electron chi connectivity index (χ2n) is 3.24. The number of hydrogen-bond acceptors (Lipinski definition) is 2. The summed E-state index contributed by atoms with van der Waals surface area (Å²) in [5, 5.41) is 3.01. The highest BCUT2D eigenvalue weighted by Gasteiger charge is 2.06. The molecule has 0 amide bonds. The Hall–Kier alpha value is -0.580. The van der Waals surface area contributed by atoms with E-state index in [1.54, 1.807) is 11.8 Å². The van der Waals surface area contributed by atoms with Crippen LogP contribution < -0.4 is 5.32 Å². The molecule has 0 heterocycles. The van der Waals surface area contributed by atoms with Gasteiger partial charge in [-0.2, -0.15) is 11.8 Å². The Kier molecular flexibility index (Phi) is 9.13. The summed E-state index contributed by atoms with van der Waals surface area (Å²) in [5.41, 5.74) is 0.108. The smallest absolute Gasteiger partial charge is 0.130 e. The van der Waals surface area contributed by atoms with Gasteiger partial charge in [-0.3, -0.25) is 0 Å². The minimum Gasteiger partial charge on any atom is -0.312 e. The zero-order chi connectivity index (χ0) is 11.8. The van der Waals surface area contributed by atoms with E-state index in [1.165, 1.54) is 18.2 Å². The Labute approximate surface area is 111 Å². The fourth-order valence-corrected chi connectivity index (χ4v) is 1.85. The van der Waals surface area contributed by atoms with Crippen molar-refractivity contribution in [2.24, 2.45) is 0 Å². The van der Waals surface area contributed by atoms with Gasteiger partial charge in [-0.15, -0.1) is 19.0 Å². The first-order valence-corrected chi connectivity index (χ1v) is 6.23. The molecule has 0 atom stereocenters. The highest BCUT2D eigenvalue weighted by atomic mass is 35.5. The summed E-state index contributed by atoms with van der Waals surface area (Å²) >= 11 is 1.73. The third-order valence-electron chi connectivity index (χ3n) is 2.02. The minimum absolute atomic E-state index is 0. The van der Waals surface area contributed by atoms with Gasteiger partial charge in [-0.25, -0.2) is 8.78 Å². The van der Waals surface area contributed by atoms with Crippen LogP contribution in [-0.4, -0.2) is 18.1 Å². The van der Waals surface area contributed by atoms with Gasteiger partial charge in [0.2, 0.25) is 0 Å². The molecule has 5 heteroatoms. The summed E-state index contributed by atoms with van der Waals surface area (Å²) in [6.07, 6.45) is 1.83. The molecule has 0 spiro atoms. The van der Waals surface area contributed by atoms with Crippen molar-refractivity contribution in [1.82, 2.24) is 5.32 Å². The molecule has 0 aliphatic heterocycles. The van der Waals surface area contributed by atoms with E-state index in [0.717, 1.165) is 18.1 Å². The quantitative estimate of drug-likeness (QED) is 0.606. The summed E-state index contributed by atoms with van der Waals surface area (Å²) in [6.45, 7) is 4.57. The lowest BCUT2D eigenvalue weighted by atomic mass is 10.2. The second kappa shape index (κ2) is 9.45. The maximum absolute atomic E-state index is 13.2. The van der Waals surface area contributed by atoms with E-state index in [1.807, 2.05) is 6.08 Å². The zero-order valence-corrected chi connectivity index (χ0v) is 11.1. The lowest BCUT2D eigenvalue weighted by Crippen LogP contribution is -2.18. The van der Waals surface area contributed by atoms with Crippen molar-refractivity contribution in [2.75, 3.05) is 18.1 Å². The molecule has 1 aromatic rings. The van der Waals surface area contributed by atoms with Gasteiger partial charge in [0.25, 0.3) is 0 Å². The highest BCUT2D eigenvalue weighted by Crippen LogP contribution is 2.11. The zero-order valence-electron chi connectivity index (χ0n) is 9.42. The molecule has 1 nitrogen and oxygen atoms in total. The van der Waals surface area contributed by atoms with Crippen LogP contribution in [0.25, 0.3) is 0 Å². The fraction of sp³-hybridized carbons (Fsp3) is 0.333. The number of benzene rings is 1. The monoisotopic (exact) mass is 279 g/mol. The third kappa shape index (κ3) is 6.05. The van der Waals surface area contributed by atoms with Crippen molar-refractivity contribution in [3.8, 4) is 0 Å². The predicted octanol–water partition coefficient (Wildman–Crippen LogP) is 3.40. The summed E-state index contributed by atoms with van der Waals surface area (Å²) in [5.74, 6) is 0.815. The fourth-order valence-electron chi connectivity index (χ4n) is 1.23. The van der Waals surface area contributed by atoms with E-state index in [0.29, 0.717) is 0 Å². The first-order valence-electron chi connectivity index (χ1n) is 5.08. The Bertz CT molecular complexity index is 327. The maximum atomic E-state index is 13.2. The molecule has 0 aromatic heterocycles. The number of halogens is 3. The van der Waals surface area contributed by atoms with Gasteiger partial charge >= 0.3 is 0 Å². The number of nitrogens with one attached hydrogen (secondary N) is 1. The van der Waals surface area contributed by atoms with Crippen molar-refractivity contribution in [1.29, 1.82) is 0 Å². The van der Waals surface area contributed by atoms with Crippen molar-refractivity contribution in [3.05, 3.63) is 48.1 Å². The van der Waals surface area contributed by atoms with Crippen molar-refractivity contribution < 1.29 is 8.78 Å². The maximum Gasteiger partial charge on any atom is 0.130 e. The molecule has 1 N–H and O–H groups in total. The third-order valence-corrected chi connectivity index (χ3v) is 2.99. The Balaban J connectivity index is 0.00000256. The van der Waals surface area contributed by atoms with Crippen LogP contribution >= 0.6 is 24.2 Å². The highest BCUT2D eigenvalue weighted by molar-refractivity contribution is 7.99. The molecule has 0 aliphatic rings. The van der Waals surface area contributed by atoms with Crippen LogP contribution in [0.3, 0.4) is 0 Å². The molecule has 0 fully saturated rings. The van der Waals surface area contributed by atoms with Gasteiger partial charge in [-0.05, 0) is 12.1 Å². The molecule has 1 aromatic carbocycles. The van der Waals surface area contributed by atoms with Crippen molar-refractivity contribution in [2.45, 2.75) is 6.54 Å². The molecule has 0 unspecified atom stereocenters. The van der Waals surface area contributed by atoms with Crippen LogP contribution in [0.2, 0.25) is 0 Å². The van der Waals surface area contributed by atoms with Gasteiger partial charge in [0, 0.05) is 30.2 Å². The summed E-state index contributed by atoms with van der Waals surface area (Å²) in [7, 11) is 0. The van der Waals surface area contributed by atoms with E-state index in [9.17, 15) is 8.78 Å². The van der Waals surface area contributed by atoms with E-state index < -0.39 is 11.6 Å². The van der Waals surface area contributed by atoms with Gasteiger partial charge in [0.05, 0.1) is 0 Å². The first-order chi connectivity index (χ1) is 7.75. The van der Waals surface area contributed by atoms with E-state index in [-0.39, 0.29) is 24.5 Å².